The highest BCUT2D eigenvalue weighted by atomic mass is 32.2. The molecule has 2 rings (SSSR count). The molecule has 24 heavy (non-hydrogen) atoms. The molecule has 1 heterocycles. The van der Waals surface area contributed by atoms with E-state index >= 15 is 0 Å². The summed E-state index contributed by atoms with van der Waals surface area (Å²) in [6, 6.07) is 10.1. The Balaban J connectivity index is 2.12. The number of hydrogen-bond acceptors (Lipinski definition) is 6. The molecule has 0 aliphatic carbocycles. The van der Waals surface area contributed by atoms with E-state index in [1.54, 1.807) is 32.0 Å². The second-order valence-corrected chi connectivity index (χ2v) is 6.82. The molecule has 0 spiro atoms. The maximum atomic E-state index is 12.1. The largest absolute Gasteiger partial charge is 0.458 e. The number of ether oxygens (including phenoxy) is 1. The summed E-state index contributed by atoms with van der Waals surface area (Å²) < 4.78 is 31.1. The molecule has 0 atom stereocenters. The number of nitrogens with zero attached hydrogens (tertiary/aromatic N) is 1. The molecule has 1 aromatic carbocycles. The molecule has 1 N–H and O–H groups in total. The molecule has 7 nitrogen and oxygen atoms in total. The van der Waals surface area contributed by atoms with E-state index in [0.29, 0.717) is 0 Å². The van der Waals surface area contributed by atoms with Crippen LogP contribution >= 0.6 is 0 Å². The quantitative estimate of drug-likeness (QED) is 0.826. The van der Waals surface area contributed by atoms with E-state index in [1.165, 1.54) is 24.3 Å². The van der Waals surface area contributed by atoms with Crippen molar-refractivity contribution >= 4 is 21.9 Å². The first kappa shape index (κ1) is 17.6. The van der Waals surface area contributed by atoms with Gasteiger partial charge in [0.2, 0.25) is 0 Å². The van der Waals surface area contributed by atoms with Gasteiger partial charge in [-0.1, -0.05) is 18.2 Å². The first-order chi connectivity index (χ1) is 11.3. The van der Waals surface area contributed by atoms with Crippen molar-refractivity contribution in [1.29, 1.82) is 0 Å². The summed E-state index contributed by atoms with van der Waals surface area (Å²) in [5, 5.41) is 0. The number of benzene rings is 1. The average Bonchev–Trinajstić information content (AvgIpc) is 2.55. The molecule has 0 bridgehead atoms. The van der Waals surface area contributed by atoms with Crippen molar-refractivity contribution in [3.8, 4) is 0 Å². The molecule has 0 aliphatic rings. The van der Waals surface area contributed by atoms with Gasteiger partial charge in [0.15, 0.2) is 0 Å². The first-order valence-electron chi connectivity index (χ1n) is 7.09. The lowest BCUT2D eigenvalue weighted by molar-refractivity contribution is 0.0370. The van der Waals surface area contributed by atoms with Gasteiger partial charge in [-0.25, -0.2) is 22.9 Å². The van der Waals surface area contributed by atoms with Crippen LogP contribution in [0, 0.1) is 0 Å². The fraction of sp³-hybridized carbons (Fsp3) is 0.188. The Labute approximate surface area is 139 Å². The number of carbonyl (C=O) groups excluding carboxylic acids is 2. The van der Waals surface area contributed by atoms with Crippen molar-refractivity contribution in [3.63, 3.8) is 0 Å². The third kappa shape index (κ3) is 4.39. The van der Waals surface area contributed by atoms with Gasteiger partial charge in [0.25, 0.3) is 15.9 Å². The van der Waals surface area contributed by atoms with Crippen molar-refractivity contribution in [2.75, 3.05) is 0 Å². The molecule has 0 radical (unpaired) electrons. The van der Waals surface area contributed by atoms with Gasteiger partial charge in [-0.2, -0.15) is 0 Å². The van der Waals surface area contributed by atoms with Gasteiger partial charge in [0, 0.05) is 6.20 Å². The number of rotatable bonds is 5. The Morgan fingerprint density at radius 2 is 1.75 bits per heavy atom. The van der Waals surface area contributed by atoms with E-state index in [4.69, 9.17) is 4.74 Å². The minimum atomic E-state index is -3.97. The molecule has 126 valence electrons. The van der Waals surface area contributed by atoms with Crippen molar-refractivity contribution in [3.05, 3.63) is 59.9 Å². The van der Waals surface area contributed by atoms with E-state index < -0.39 is 21.9 Å². The number of aromatic nitrogens is 1. The molecule has 0 fully saturated rings. The SMILES string of the molecule is CC(C)OC(=O)c1ccc(C(=O)NS(=O)(=O)c2ccccc2)cn1. The molecule has 0 saturated carbocycles. The summed E-state index contributed by atoms with van der Waals surface area (Å²) in [4.78, 5) is 27.5. The topological polar surface area (TPSA) is 102 Å². The second kappa shape index (κ2) is 7.22. The van der Waals surface area contributed by atoms with Gasteiger partial charge in [-0.15, -0.1) is 0 Å². The fourth-order valence-electron chi connectivity index (χ4n) is 1.76. The van der Waals surface area contributed by atoms with Crippen molar-refractivity contribution in [2.45, 2.75) is 24.8 Å². The van der Waals surface area contributed by atoms with Gasteiger partial charge in [-0.05, 0) is 38.1 Å². The number of amides is 1. The second-order valence-electron chi connectivity index (χ2n) is 5.13. The Morgan fingerprint density at radius 3 is 2.29 bits per heavy atom. The van der Waals surface area contributed by atoms with Crippen LogP contribution in [0.4, 0.5) is 0 Å². The maximum Gasteiger partial charge on any atom is 0.357 e. The monoisotopic (exact) mass is 348 g/mol. The zero-order chi connectivity index (χ0) is 17.7. The number of sulfonamides is 1. The summed E-state index contributed by atoms with van der Waals surface area (Å²) in [6.07, 6.45) is 0.825. The molecule has 0 unspecified atom stereocenters. The lowest BCUT2D eigenvalue weighted by Crippen LogP contribution is -2.30. The lowest BCUT2D eigenvalue weighted by atomic mass is 10.2. The summed E-state index contributed by atoms with van der Waals surface area (Å²) >= 11 is 0. The summed E-state index contributed by atoms with van der Waals surface area (Å²) in [5.74, 6) is -1.45. The minimum absolute atomic E-state index is 0.00982. The standard InChI is InChI=1S/C16H16N2O5S/c1-11(2)23-16(20)14-9-8-12(10-17-14)15(19)18-24(21,22)13-6-4-3-5-7-13/h3-11H,1-2H3,(H,18,19). The molecular formula is C16H16N2O5S. The van der Waals surface area contributed by atoms with Gasteiger partial charge >= 0.3 is 5.97 Å². The van der Waals surface area contributed by atoms with Crippen LogP contribution in [-0.2, 0) is 14.8 Å². The predicted octanol–water partition coefficient (Wildman–Crippen LogP) is 1.77. The third-order valence-corrected chi connectivity index (χ3v) is 4.21. The number of esters is 1. The summed E-state index contributed by atoms with van der Waals surface area (Å²) in [6.45, 7) is 3.41. The zero-order valence-corrected chi connectivity index (χ0v) is 13.9. The highest BCUT2D eigenvalue weighted by molar-refractivity contribution is 7.90. The predicted molar refractivity (Wildman–Crippen MR) is 85.9 cm³/mol. The Hall–Kier alpha value is -2.74. The summed E-state index contributed by atoms with van der Waals surface area (Å²) in [7, 11) is -3.97. The van der Waals surface area contributed by atoms with Crippen molar-refractivity contribution in [1.82, 2.24) is 9.71 Å². The van der Waals surface area contributed by atoms with Crippen LogP contribution in [0.2, 0.25) is 0 Å². The Bertz CT molecular complexity index is 831. The van der Waals surface area contributed by atoms with Crippen molar-refractivity contribution in [2.24, 2.45) is 0 Å². The van der Waals surface area contributed by atoms with E-state index in [-0.39, 0.29) is 22.3 Å². The van der Waals surface area contributed by atoms with Gasteiger partial charge in [0.1, 0.15) is 5.69 Å². The Kier molecular flexibility index (Phi) is 5.30. The molecule has 1 amide bonds. The summed E-state index contributed by atoms with van der Waals surface area (Å²) in [5.41, 5.74) is 0.0433. The molecule has 8 heteroatoms. The minimum Gasteiger partial charge on any atom is -0.458 e. The highest BCUT2D eigenvalue weighted by Gasteiger charge is 2.19. The van der Waals surface area contributed by atoms with Gasteiger partial charge in [0.05, 0.1) is 16.6 Å². The Morgan fingerprint density at radius 1 is 1.08 bits per heavy atom. The van der Waals surface area contributed by atoms with Crippen LogP contribution in [0.1, 0.15) is 34.7 Å². The molecule has 1 aromatic heterocycles. The number of carbonyl (C=O) groups is 2. The number of pyridine rings is 1. The smallest absolute Gasteiger partial charge is 0.357 e. The van der Waals surface area contributed by atoms with Crippen LogP contribution < -0.4 is 4.72 Å². The van der Waals surface area contributed by atoms with Crippen LogP contribution in [0.5, 0.6) is 0 Å². The molecular weight excluding hydrogens is 332 g/mol. The number of hydrogen-bond donors (Lipinski definition) is 1. The molecule has 2 aromatic rings. The van der Waals surface area contributed by atoms with Gasteiger partial charge < -0.3 is 4.74 Å². The van der Waals surface area contributed by atoms with E-state index in [9.17, 15) is 18.0 Å². The average molecular weight is 348 g/mol. The molecule has 0 aliphatic heterocycles. The van der Waals surface area contributed by atoms with E-state index in [0.717, 1.165) is 6.20 Å². The maximum absolute atomic E-state index is 12.1. The number of nitrogens with one attached hydrogen (secondary N) is 1. The van der Waals surface area contributed by atoms with Crippen LogP contribution in [0.3, 0.4) is 0 Å². The van der Waals surface area contributed by atoms with Crippen molar-refractivity contribution < 1.29 is 22.7 Å². The lowest BCUT2D eigenvalue weighted by Gasteiger charge is -2.08. The fourth-order valence-corrected chi connectivity index (χ4v) is 2.76. The third-order valence-electron chi connectivity index (χ3n) is 2.86. The first-order valence-corrected chi connectivity index (χ1v) is 8.57. The molecule has 0 saturated heterocycles. The van der Waals surface area contributed by atoms with Crippen LogP contribution in [-0.4, -0.2) is 31.4 Å². The van der Waals surface area contributed by atoms with Crippen LogP contribution in [0.25, 0.3) is 0 Å². The van der Waals surface area contributed by atoms with Crippen LogP contribution in [0.15, 0.2) is 53.6 Å². The van der Waals surface area contributed by atoms with E-state index in [1.807, 2.05) is 4.72 Å². The highest BCUT2D eigenvalue weighted by Crippen LogP contribution is 2.09. The normalized spacial score (nSPS) is 11.1. The van der Waals surface area contributed by atoms with E-state index in [2.05, 4.69) is 4.98 Å². The zero-order valence-electron chi connectivity index (χ0n) is 13.1. The van der Waals surface area contributed by atoms with Gasteiger partial charge in [-0.3, -0.25) is 4.79 Å².